The van der Waals surface area contributed by atoms with Crippen molar-refractivity contribution in [2.45, 2.75) is 13.8 Å². The summed E-state index contributed by atoms with van der Waals surface area (Å²) in [5, 5.41) is 7.90. The predicted octanol–water partition coefficient (Wildman–Crippen LogP) is 3.53. The summed E-state index contributed by atoms with van der Waals surface area (Å²) in [6, 6.07) is 9.25. The fourth-order valence-corrected chi connectivity index (χ4v) is 1.70. The third-order valence-electron chi connectivity index (χ3n) is 2.57. The van der Waals surface area contributed by atoms with Crippen molar-refractivity contribution in [1.82, 2.24) is 0 Å². The normalized spacial score (nSPS) is 11.3. The van der Waals surface area contributed by atoms with Gasteiger partial charge in [-0.3, -0.25) is 0 Å². The number of benzene rings is 1. The zero-order valence-electron chi connectivity index (χ0n) is 12.2. The van der Waals surface area contributed by atoms with Crippen molar-refractivity contribution < 1.29 is 13.9 Å². The summed E-state index contributed by atoms with van der Waals surface area (Å²) in [5.74, 6) is 2.10. The molecule has 110 valence electrons. The monoisotopic (exact) mass is 286 g/mol. The van der Waals surface area contributed by atoms with Gasteiger partial charge in [0.25, 0.3) is 0 Å². The Kier molecular flexibility index (Phi) is 5.58. The summed E-state index contributed by atoms with van der Waals surface area (Å²) in [4.78, 5) is 0. The van der Waals surface area contributed by atoms with Gasteiger partial charge in [0, 0.05) is 0 Å². The van der Waals surface area contributed by atoms with Crippen LogP contribution in [0.5, 0.6) is 11.5 Å². The number of furan rings is 1. The van der Waals surface area contributed by atoms with E-state index in [1.165, 1.54) is 0 Å². The summed E-state index contributed by atoms with van der Waals surface area (Å²) >= 11 is 0. The van der Waals surface area contributed by atoms with Crippen molar-refractivity contribution >= 4 is 12.4 Å². The molecule has 21 heavy (non-hydrogen) atoms. The fraction of sp³-hybridized carbons (Fsp3) is 0.250. The van der Waals surface area contributed by atoms with Gasteiger partial charge in [0.2, 0.25) is 0 Å². The molecule has 0 aliphatic heterocycles. The van der Waals surface area contributed by atoms with Crippen LogP contribution in [0.4, 0.5) is 0 Å². The largest absolute Gasteiger partial charge is 0.490 e. The Morgan fingerprint density at radius 1 is 1.00 bits per heavy atom. The average molecular weight is 286 g/mol. The van der Waals surface area contributed by atoms with E-state index in [-0.39, 0.29) is 0 Å². The third kappa shape index (κ3) is 4.49. The summed E-state index contributed by atoms with van der Waals surface area (Å²) < 4.78 is 16.2. The van der Waals surface area contributed by atoms with E-state index < -0.39 is 0 Å². The molecule has 0 unspecified atom stereocenters. The minimum Gasteiger partial charge on any atom is -0.490 e. The lowest BCUT2D eigenvalue weighted by Crippen LogP contribution is -1.99. The zero-order chi connectivity index (χ0) is 14.9. The van der Waals surface area contributed by atoms with Crippen molar-refractivity contribution in [1.29, 1.82) is 0 Å². The molecule has 0 amide bonds. The molecule has 2 aromatic rings. The second-order valence-electron chi connectivity index (χ2n) is 4.08. The lowest BCUT2D eigenvalue weighted by atomic mass is 10.2. The summed E-state index contributed by atoms with van der Waals surface area (Å²) in [5.41, 5.74) is 0.887. The SMILES string of the molecule is CCOc1ccc(C=N/N=C/c2ccco2)cc1OCC. The van der Waals surface area contributed by atoms with E-state index in [1.807, 2.05) is 38.1 Å². The van der Waals surface area contributed by atoms with Gasteiger partial charge >= 0.3 is 0 Å². The van der Waals surface area contributed by atoms with E-state index in [4.69, 9.17) is 13.9 Å². The topological polar surface area (TPSA) is 56.3 Å². The van der Waals surface area contributed by atoms with Crippen LogP contribution < -0.4 is 9.47 Å². The van der Waals surface area contributed by atoms with Crippen LogP contribution in [0, 0.1) is 0 Å². The molecule has 5 nitrogen and oxygen atoms in total. The molecule has 2 rings (SSSR count). The third-order valence-corrected chi connectivity index (χ3v) is 2.57. The summed E-state index contributed by atoms with van der Waals surface area (Å²) in [6.45, 7) is 5.05. The van der Waals surface area contributed by atoms with Gasteiger partial charge in [-0.2, -0.15) is 10.2 Å². The van der Waals surface area contributed by atoms with Gasteiger partial charge in [-0.15, -0.1) is 0 Å². The smallest absolute Gasteiger partial charge is 0.161 e. The Morgan fingerprint density at radius 3 is 2.48 bits per heavy atom. The van der Waals surface area contributed by atoms with Gasteiger partial charge in [0.15, 0.2) is 11.5 Å². The summed E-state index contributed by atoms with van der Waals surface area (Å²) in [6.07, 6.45) is 4.79. The van der Waals surface area contributed by atoms with E-state index in [9.17, 15) is 0 Å². The predicted molar refractivity (Wildman–Crippen MR) is 82.7 cm³/mol. The lowest BCUT2D eigenvalue weighted by Gasteiger charge is -2.10. The zero-order valence-corrected chi connectivity index (χ0v) is 12.2. The van der Waals surface area contributed by atoms with Crippen LogP contribution in [0.1, 0.15) is 25.2 Å². The molecule has 0 fully saturated rings. The van der Waals surface area contributed by atoms with E-state index in [0.717, 1.165) is 11.3 Å². The highest BCUT2D eigenvalue weighted by Gasteiger charge is 2.04. The van der Waals surface area contributed by atoms with Crippen molar-refractivity contribution in [2.75, 3.05) is 13.2 Å². The van der Waals surface area contributed by atoms with Crippen LogP contribution in [0.2, 0.25) is 0 Å². The first-order valence-corrected chi connectivity index (χ1v) is 6.83. The first kappa shape index (κ1) is 14.8. The first-order chi connectivity index (χ1) is 10.3. The molecule has 0 aliphatic rings. The molecule has 5 heteroatoms. The van der Waals surface area contributed by atoms with Gasteiger partial charge in [0.1, 0.15) is 5.76 Å². The molecule has 0 radical (unpaired) electrons. The number of ether oxygens (including phenoxy) is 2. The first-order valence-electron chi connectivity index (χ1n) is 6.83. The number of hydrogen-bond acceptors (Lipinski definition) is 5. The maximum absolute atomic E-state index is 5.56. The van der Waals surface area contributed by atoms with Gasteiger partial charge in [-0.1, -0.05) is 0 Å². The lowest BCUT2D eigenvalue weighted by molar-refractivity contribution is 0.288. The van der Waals surface area contributed by atoms with Crippen molar-refractivity contribution in [3.05, 3.63) is 47.9 Å². The number of hydrogen-bond donors (Lipinski definition) is 0. The van der Waals surface area contributed by atoms with E-state index >= 15 is 0 Å². The van der Waals surface area contributed by atoms with Crippen LogP contribution >= 0.6 is 0 Å². The average Bonchev–Trinajstić information content (AvgIpc) is 3.00. The van der Waals surface area contributed by atoms with Crippen molar-refractivity contribution in [3.63, 3.8) is 0 Å². The minimum atomic E-state index is 0.581. The second kappa shape index (κ2) is 7.89. The maximum Gasteiger partial charge on any atom is 0.161 e. The highest BCUT2D eigenvalue weighted by molar-refractivity contribution is 5.82. The van der Waals surface area contributed by atoms with Crippen LogP contribution in [0.3, 0.4) is 0 Å². The van der Waals surface area contributed by atoms with Gasteiger partial charge < -0.3 is 13.9 Å². The summed E-state index contributed by atoms with van der Waals surface area (Å²) in [7, 11) is 0. The van der Waals surface area contributed by atoms with Crippen LogP contribution in [-0.2, 0) is 0 Å². The Labute approximate surface area is 123 Å². The van der Waals surface area contributed by atoms with Crippen LogP contribution in [-0.4, -0.2) is 25.6 Å². The Bertz CT molecular complexity index is 604. The van der Waals surface area contributed by atoms with E-state index in [1.54, 1.807) is 24.8 Å². The molecule has 0 N–H and O–H groups in total. The van der Waals surface area contributed by atoms with Gasteiger partial charge in [-0.05, 0) is 49.7 Å². The highest BCUT2D eigenvalue weighted by Crippen LogP contribution is 2.27. The molecule has 0 atom stereocenters. The molecule has 0 saturated carbocycles. The quantitative estimate of drug-likeness (QED) is 0.578. The molecule has 1 heterocycles. The minimum absolute atomic E-state index is 0.581. The highest BCUT2D eigenvalue weighted by atomic mass is 16.5. The molecule has 0 spiro atoms. The number of nitrogens with zero attached hydrogens (tertiary/aromatic N) is 2. The second-order valence-corrected chi connectivity index (χ2v) is 4.08. The molecular weight excluding hydrogens is 268 g/mol. The van der Waals surface area contributed by atoms with Gasteiger partial charge in [0.05, 0.1) is 31.9 Å². The maximum atomic E-state index is 5.56. The molecule has 1 aromatic heterocycles. The van der Waals surface area contributed by atoms with E-state index in [0.29, 0.717) is 24.7 Å². The van der Waals surface area contributed by atoms with Crippen molar-refractivity contribution in [2.24, 2.45) is 10.2 Å². The fourth-order valence-electron chi connectivity index (χ4n) is 1.70. The molecule has 0 saturated heterocycles. The Hall–Kier alpha value is -2.56. The van der Waals surface area contributed by atoms with Gasteiger partial charge in [-0.25, -0.2) is 0 Å². The molecule has 1 aromatic carbocycles. The number of rotatable bonds is 7. The standard InChI is InChI=1S/C16H18N2O3/c1-3-19-15-8-7-13(10-16(15)20-4-2)11-17-18-12-14-6-5-9-21-14/h5-12H,3-4H2,1-2H3/b17-11?,18-12+. The molecular formula is C16H18N2O3. The molecule has 0 bridgehead atoms. The Morgan fingerprint density at radius 2 is 1.76 bits per heavy atom. The van der Waals surface area contributed by atoms with Crippen LogP contribution in [0.15, 0.2) is 51.2 Å². The van der Waals surface area contributed by atoms with Crippen molar-refractivity contribution in [3.8, 4) is 11.5 Å². The molecule has 0 aliphatic carbocycles. The Balaban J connectivity index is 2.07. The van der Waals surface area contributed by atoms with E-state index in [2.05, 4.69) is 10.2 Å². The van der Waals surface area contributed by atoms with Crippen LogP contribution in [0.25, 0.3) is 0 Å².